The molecule has 0 bridgehead atoms. The molecule has 3 nitrogen and oxygen atoms in total. The van der Waals surface area contributed by atoms with Crippen LogP contribution in [0.4, 0.5) is 0 Å². The number of hydrogen-bond donors (Lipinski definition) is 1. The van der Waals surface area contributed by atoms with Crippen LogP contribution in [-0.4, -0.2) is 16.3 Å². The summed E-state index contributed by atoms with van der Waals surface area (Å²) in [5.41, 5.74) is 7.83. The van der Waals surface area contributed by atoms with E-state index in [2.05, 4.69) is 61.6 Å². The summed E-state index contributed by atoms with van der Waals surface area (Å²) >= 11 is 0. The van der Waals surface area contributed by atoms with Crippen molar-refractivity contribution in [1.82, 2.24) is 15.1 Å². The van der Waals surface area contributed by atoms with E-state index in [1.165, 1.54) is 27.8 Å². The van der Waals surface area contributed by atoms with Crippen LogP contribution in [-0.2, 0) is 13.0 Å². The normalized spacial score (nSPS) is 11.0. The molecule has 0 unspecified atom stereocenters. The minimum Gasteiger partial charge on any atom is -0.312 e. The molecule has 0 aliphatic carbocycles. The van der Waals surface area contributed by atoms with E-state index < -0.39 is 0 Å². The van der Waals surface area contributed by atoms with Gasteiger partial charge in [-0.1, -0.05) is 30.3 Å². The van der Waals surface area contributed by atoms with Gasteiger partial charge in [-0.25, -0.2) is 4.68 Å². The first-order valence-corrected chi connectivity index (χ1v) is 8.50. The van der Waals surface area contributed by atoms with E-state index >= 15 is 0 Å². The van der Waals surface area contributed by atoms with Gasteiger partial charge in [0, 0.05) is 12.7 Å². The van der Waals surface area contributed by atoms with Gasteiger partial charge in [-0.05, 0) is 73.7 Å². The second-order valence-electron chi connectivity index (χ2n) is 6.42. The topological polar surface area (TPSA) is 29.9 Å². The van der Waals surface area contributed by atoms with E-state index in [4.69, 9.17) is 0 Å². The molecule has 0 spiro atoms. The van der Waals surface area contributed by atoms with Gasteiger partial charge in [0.25, 0.3) is 0 Å². The molecule has 0 aliphatic heterocycles. The molecule has 3 heteroatoms. The van der Waals surface area contributed by atoms with Crippen LogP contribution < -0.4 is 5.32 Å². The van der Waals surface area contributed by atoms with Crippen LogP contribution in [0.15, 0.2) is 54.9 Å². The van der Waals surface area contributed by atoms with Gasteiger partial charge in [0.05, 0.1) is 11.9 Å². The van der Waals surface area contributed by atoms with E-state index in [1.807, 2.05) is 29.1 Å². The quantitative estimate of drug-likeness (QED) is 0.692. The fraction of sp³-hybridized carbons (Fsp3) is 0.286. The number of benzene rings is 2. The Kier molecular flexibility index (Phi) is 5.11. The summed E-state index contributed by atoms with van der Waals surface area (Å²) in [6.07, 6.45) is 5.05. The van der Waals surface area contributed by atoms with Crippen molar-refractivity contribution in [2.75, 3.05) is 6.54 Å². The molecule has 0 saturated heterocycles. The standard InChI is InChI=1S/C21H25N3/c1-16-11-18(3)20(12-17(16)2)14-22-10-9-19-13-23-24(15-19)21-7-5-4-6-8-21/h4-8,11-13,15,22H,9-10,14H2,1-3H3. The first-order chi connectivity index (χ1) is 11.6. The summed E-state index contributed by atoms with van der Waals surface area (Å²) in [7, 11) is 0. The molecule has 0 aliphatic rings. The molecule has 124 valence electrons. The highest BCUT2D eigenvalue weighted by Crippen LogP contribution is 2.15. The predicted octanol–water partition coefficient (Wildman–Crippen LogP) is 4.13. The van der Waals surface area contributed by atoms with Crippen molar-refractivity contribution >= 4 is 0 Å². The number of para-hydroxylation sites is 1. The Balaban J connectivity index is 1.52. The maximum absolute atomic E-state index is 4.45. The molecule has 3 rings (SSSR count). The lowest BCUT2D eigenvalue weighted by Crippen LogP contribution is -2.17. The molecule has 0 saturated carbocycles. The maximum atomic E-state index is 4.45. The molecular weight excluding hydrogens is 294 g/mol. The van der Waals surface area contributed by atoms with Crippen LogP contribution >= 0.6 is 0 Å². The smallest absolute Gasteiger partial charge is 0.0645 e. The number of nitrogens with one attached hydrogen (secondary N) is 1. The predicted molar refractivity (Wildman–Crippen MR) is 99.6 cm³/mol. The van der Waals surface area contributed by atoms with Crippen molar-refractivity contribution < 1.29 is 0 Å². The molecule has 2 aromatic carbocycles. The van der Waals surface area contributed by atoms with E-state index in [-0.39, 0.29) is 0 Å². The fourth-order valence-corrected chi connectivity index (χ4v) is 2.88. The minimum absolute atomic E-state index is 0.916. The summed E-state index contributed by atoms with van der Waals surface area (Å²) in [5, 5.41) is 8.00. The summed E-state index contributed by atoms with van der Waals surface area (Å²) in [5.74, 6) is 0. The van der Waals surface area contributed by atoms with Crippen molar-refractivity contribution in [1.29, 1.82) is 0 Å². The largest absolute Gasteiger partial charge is 0.312 e. The Labute approximate surface area is 144 Å². The SMILES string of the molecule is Cc1cc(C)c(CNCCc2cnn(-c3ccccc3)c2)cc1C. The number of rotatable bonds is 6. The molecule has 0 amide bonds. The lowest BCUT2D eigenvalue weighted by atomic mass is 10.0. The average molecular weight is 319 g/mol. The second kappa shape index (κ2) is 7.45. The molecule has 1 aromatic heterocycles. The van der Waals surface area contributed by atoms with Crippen LogP contribution in [0.25, 0.3) is 5.69 Å². The zero-order chi connectivity index (χ0) is 16.9. The van der Waals surface area contributed by atoms with Crippen molar-refractivity contribution in [3.05, 3.63) is 82.7 Å². The van der Waals surface area contributed by atoms with Gasteiger partial charge in [-0.2, -0.15) is 5.10 Å². The van der Waals surface area contributed by atoms with E-state index in [0.717, 1.165) is 25.2 Å². The first-order valence-electron chi connectivity index (χ1n) is 8.50. The van der Waals surface area contributed by atoms with Crippen molar-refractivity contribution in [2.24, 2.45) is 0 Å². The fourth-order valence-electron chi connectivity index (χ4n) is 2.88. The van der Waals surface area contributed by atoms with E-state index in [0.29, 0.717) is 0 Å². The Hall–Kier alpha value is -2.39. The molecule has 1 heterocycles. The Morgan fingerprint density at radius 1 is 0.958 bits per heavy atom. The molecule has 0 atom stereocenters. The molecule has 24 heavy (non-hydrogen) atoms. The Bertz CT molecular complexity index is 803. The van der Waals surface area contributed by atoms with Crippen LogP contribution in [0.2, 0.25) is 0 Å². The van der Waals surface area contributed by atoms with Gasteiger partial charge in [0.1, 0.15) is 0 Å². The molecule has 1 N–H and O–H groups in total. The third-order valence-corrected chi connectivity index (χ3v) is 4.51. The average Bonchev–Trinajstić information content (AvgIpc) is 3.06. The highest BCUT2D eigenvalue weighted by molar-refractivity contribution is 5.36. The van der Waals surface area contributed by atoms with Gasteiger partial charge in [0.2, 0.25) is 0 Å². The number of aryl methyl sites for hydroxylation is 3. The zero-order valence-electron chi connectivity index (χ0n) is 14.7. The molecule has 0 fully saturated rings. The van der Waals surface area contributed by atoms with Crippen molar-refractivity contribution in [2.45, 2.75) is 33.7 Å². The number of aromatic nitrogens is 2. The first kappa shape index (κ1) is 16.5. The minimum atomic E-state index is 0.916. The monoisotopic (exact) mass is 319 g/mol. The Morgan fingerprint density at radius 3 is 2.50 bits per heavy atom. The zero-order valence-corrected chi connectivity index (χ0v) is 14.7. The second-order valence-corrected chi connectivity index (χ2v) is 6.42. The third-order valence-electron chi connectivity index (χ3n) is 4.51. The highest BCUT2D eigenvalue weighted by atomic mass is 15.3. The summed E-state index contributed by atoms with van der Waals surface area (Å²) in [6.45, 7) is 8.40. The summed E-state index contributed by atoms with van der Waals surface area (Å²) in [6, 6.07) is 14.8. The van der Waals surface area contributed by atoms with E-state index in [9.17, 15) is 0 Å². The molecule has 0 radical (unpaired) electrons. The maximum Gasteiger partial charge on any atom is 0.0645 e. The van der Waals surface area contributed by atoms with Crippen LogP contribution in [0, 0.1) is 20.8 Å². The van der Waals surface area contributed by atoms with Gasteiger partial charge in [-0.3, -0.25) is 0 Å². The Morgan fingerprint density at radius 2 is 1.71 bits per heavy atom. The lowest BCUT2D eigenvalue weighted by molar-refractivity contribution is 0.684. The highest BCUT2D eigenvalue weighted by Gasteiger charge is 2.03. The van der Waals surface area contributed by atoms with Crippen LogP contribution in [0.3, 0.4) is 0 Å². The molecule has 3 aromatic rings. The van der Waals surface area contributed by atoms with Crippen LogP contribution in [0.1, 0.15) is 27.8 Å². The third kappa shape index (κ3) is 3.92. The van der Waals surface area contributed by atoms with Crippen molar-refractivity contribution in [3.63, 3.8) is 0 Å². The summed E-state index contributed by atoms with van der Waals surface area (Å²) in [4.78, 5) is 0. The number of hydrogen-bond acceptors (Lipinski definition) is 2. The van der Waals surface area contributed by atoms with E-state index in [1.54, 1.807) is 0 Å². The number of nitrogens with zero attached hydrogens (tertiary/aromatic N) is 2. The van der Waals surface area contributed by atoms with Gasteiger partial charge in [0.15, 0.2) is 0 Å². The van der Waals surface area contributed by atoms with Gasteiger partial charge >= 0.3 is 0 Å². The molecular formula is C21H25N3. The van der Waals surface area contributed by atoms with Crippen LogP contribution in [0.5, 0.6) is 0 Å². The summed E-state index contributed by atoms with van der Waals surface area (Å²) < 4.78 is 1.93. The lowest BCUT2D eigenvalue weighted by Gasteiger charge is -2.10. The van der Waals surface area contributed by atoms with Gasteiger partial charge in [-0.15, -0.1) is 0 Å². The van der Waals surface area contributed by atoms with Gasteiger partial charge < -0.3 is 5.32 Å². The van der Waals surface area contributed by atoms with Crippen molar-refractivity contribution in [3.8, 4) is 5.69 Å².